The van der Waals surface area contributed by atoms with Crippen LogP contribution in [0, 0.1) is 5.92 Å². The average molecular weight is 262 g/mol. The van der Waals surface area contributed by atoms with Crippen LogP contribution in [0.5, 0.6) is 0 Å². The lowest BCUT2D eigenvalue weighted by Gasteiger charge is -2.35. The zero-order chi connectivity index (χ0) is 10.1. The monoisotopic (exact) mass is 262 g/mol. The number of hydrogen-bond donors (Lipinski definition) is 0. The molecule has 0 aromatic rings. The van der Waals surface area contributed by atoms with Crippen LogP contribution < -0.4 is 0 Å². The van der Waals surface area contributed by atoms with E-state index in [-0.39, 0.29) is 7.30 Å². The molecule has 1 saturated carbocycles. The van der Waals surface area contributed by atoms with Gasteiger partial charge in [-0.1, -0.05) is 34.3 Å². The second-order valence-electron chi connectivity index (χ2n) is 4.18. The minimum Gasteiger partial charge on any atom is -0.110 e. The highest BCUT2D eigenvalue weighted by atomic mass is 32.6. The van der Waals surface area contributed by atoms with Crippen LogP contribution in [0.2, 0.25) is 0 Å². The molecule has 0 spiro atoms. The average Bonchev–Trinajstić information content (AvgIpc) is 2.62. The molecule has 78 valence electrons. The van der Waals surface area contributed by atoms with E-state index in [1.807, 2.05) is 0 Å². The van der Waals surface area contributed by atoms with E-state index in [0.717, 1.165) is 19.5 Å². The predicted octanol–water partition coefficient (Wildman–Crippen LogP) is 4.70. The molecule has 4 heteroatoms. The first kappa shape index (κ1) is 11.7. The van der Waals surface area contributed by atoms with E-state index >= 15 is 0 Å². The molecule has 2 aliphatic rings. The number of hydrogen-bond acceptors (Lipinski definition) is 0. The molecule has 0 saturated heterocycles. The van der Waals surface area contributed by atoms with Crippen LogP contribution in [0.1, 0.15) is 26.2 Å². The summed E-state index contributed by atoms with van der Waals surface area (Å²) in [5.41, 5.74) is 4.29. The zero-order valence-corrected chi connectivity index (χ0v) is 12.7. The summed E-state index contributed by atoms with van der Waals surface area (Å²) in [5.74, 6) is 0.896. The van der Waals surface area contributed by atoms with Crippen molar-refractivity contribution >= 4 is 33.1 Å². The Morgan fingerprint density at radius 3 is 2.64 bits per heavy atom. The Kier molecular flexibility index (Phi) is 4.19. The zero-order valence-electron chi connectivity index (χ0n) is 8.53. The van der Waals surface area contributed by atoms with Gasteiger partial charge in [0.05, 0.1) is 0 Å². The second-order valence-corrected chi connectivity index (χ2v) is 13.8. The van der Waals surface area contributed by atoms with Crippen molar-refractivity contribution in [3.05, 3.63) is 23.3 Å². The summed E-state index contributed by atoms with van der Waals surface area (Å²) in [5, 5.41) is 0. The van der Waals surface area contributed by atoms with Crippen molar-refractivity contribution in [1.82, 2.24) is 0 Å². The molecule has 2 aliphatic carbocycles. The molecule has 1 fully saturated rings. The van der Waals surface area contributed by atoms with Crippen LogP contribution >= 0.6 is 33.1 Å². The van der Waals surface area contributed by atoms with Crippen molar-refractivity contribution in [2.45, 2.75) is 31.8 Å². The Balaban J connectivity index is 2.11. The third kappa shape index (κ3) is 2.30. The standard InChI is InChI=1S/C10H18P4/c1-7-5-8-3-2-4-9(8)6-10(7)14(12)13-11/h3-4,7,10,13H,2,5-6,11-12H2,1H3. The summed E-state index contributed by atoms with van der Waals surface area (Å²) in [6.45, 7) is 2.44. The van der Waals surface area contributed by atoms with Crippen molar-refractivity contribution in [3.63, 3.8) is 0 Å². The lowest BCUT2D eigenvalue weighted by molar-refractivity contribution is 0.512. The van der Waals surface area contributed by atoms with E-state index in [1.54, 1.807) is 11.1 Å². The molecule has 0 bridgehead atoms. The van der Waals surface area contributed by atoms with Crippen LogP contribution in [-0.4, -0.2) is 5.66 Å². The topological polar surface area (TPSA) is 0 Å². The Hall–Kier alpha value is 1.20. The summed E-state index contributed by atoms with van der Waals surface area (Å²) in [7, 11) is 7.27. The molecule has 0 N–H and O–H groups in total. The molecule has 6 atom stereocenters. The van der Waals surface area contributed by atoms with Gasteiger partial charge in [0.15, 0.2) is 0 Å². The van der Waals surface area contributed by atoms with Crippen molar-refractivity contribution in [2.24, 2.45) is 5.92 Å². The predicted molar refractivity (Wildman–Crippen MR) is 77.6 cm³/mol. The molecule has 0 nitrogen and oxygen atoms in total. The highest BCUT2D eigenvalue weighted by Gasteiger charge is 2.31. The lowest BCUT2D eigenvalue weighted by Crippen LogP contribution is -2.20. The molecule has 0 aromatic heterocycles. The van der Waals surface area contributed by atoms with Gasteiger partial charge in [-0.05, 0) is 42.0 Å². The van der Waals surface area contributed by atoms with Crippen molar-refractivity contribution in [1.29, 1.82) is 0 Å². The Morgan fingerprint density at radius 1 is 1.36 bits per heavy atom. The normalized spacial score (nSPS) is 34.2. The van der Waals surface area contributed by atoms with Gasteiger partial charge in [-0.15, -0.1) is 17.9 Å². The fraction of sp³-hybridized carbons (Fsp3) is 0.600. The van der Waals surface area contributed by atoms with Gasteiger partial charge >= 0.3 is 0 Å². The molecule has 6 unspecified atom stereocenters. The van der Waals surface area contributed by atoms with Crippen molar-refractivity contribution in [3.8, 4) is 0 Å². The van der Waals surface area contributed by atoms with Crippen molar-refractivity contribution < 1.29 is 0 Å². The smallest absolute Gasteiger partial charge is 0.00667 e. The van der Waals surface area contributed by atoms with E-state index < -0.39 is 0 Å². The fourth-order valence-corrected chi connectivity index (χ4v) is 8.18. The number of rotatable bonds is 2. The summed E-state index contributed by atoms with van der Waals surface area (Å²) in [4.78, 5) is 0. The summed E-state index contributed by atoms with van der Waals surface area (Å²) in [6, 6.07) is 0. The maximum Gasteiger partial charge on any atom is -0.00667 e. The van der Waals surface area contributed by atoms with Crippen LogP contribution in [0.3, 0.4) is 0 Å². The summed E-state index contributed by atoms with van der Waals surface area (Å²) in [6.07, 6.45) is 8.74. The van der Waals surface area contributed by atoms with E-state index in [0.29, 0.717) is 0 Å². The first-order valence-corrected chi connectivity index (χ1v) is 11.8. The summed E-state index contributed by atoms with van der Waals surface area (Å²) < 4.78 is 0. The van der Waals surface area contributed by atoms with Crippen LogP contribution in [0.15, 0.2) is 23.3 Å². The van der Waals surface area contributed by atoms with Gasteiger partial charge in [-0.25, -0.2) is 0 Å². The fourth-order valence-electron chi connectivity index (χ4n) is 2.41. The molecule has 0 amide bonds. The quantitative estimate of drug-likeness (QED) is 0.633. The molecular weight excluding hydrogens is 244 g/mol. The summed E-state index contributed by atoms with van der Waals surface area (Å²) >= 11 is 0. The molecule has 0 aromatic carbocycles. The van der Waals surface area contributed by atoms with Gasteiger partial charge in [0, 0.05) is 0 Å². The van der Waals surface area contributed by atoms with Gasteiger partial charge in [-0.2, -0.15) is 0 Å². The SMILES string of the molecule is CC1CC2=CCC=C2CC1P(P)PP. The number of allylic oxidation sites excluding steroid dienone is 4. The highest BCUT2D eigenvalue weighted by molar-refractivity contribution is 8.61. The third-order valence-corrected chi connectivity index (χ3v) is 14.7. The van der Waals surface area contributed by atoms with E-state index in [9.17, 15) is 0 Å². The van der Waals surface area contributed by atoms with E-state index in [2.05, 4.69) is 36.9 Å². The molecular formula is C10H18P4. The molecule has 2 rings (SSSR count). The van der Waals surface area contributed by atoms with Gasteiger partial charge < -0.3 is 0 Å². The van der Waals surface area contributed by atoms with E-state index in [4.69, 9.17) is 0 Å². The Labute approximate surface area is 94.4 Å². The van der Waals surface area contributed by atoms with Gasteiger partial charge in [0.25, 0.3) is 0 Å². The first-order valence-electron chi connectivity index (χ1n) is 5.11. The first-order chi connectivity index (χ1) is 6.72. The maximum absolute atomic E-state index is 3.10. The minimum atomic E-state index is 0.180. The Morgan fingerprint density at radius 2 is 2.00 bits per heavy atom. The van der Waals surface area contributed by atoms with Crippen molar-refractivity contribution in [2.75, 3.05) is 0 Å². The Bertz CT molecular complexity index is 282. The molecule has 14 heavy (non-hydrogen) atoms. The molecule has 0 aliphatic heterocycles. The minimum absolute atomic E-state index is 0.180. The van der Waals surface area contributed by atoms with Gasteiger partial charge in [-0.3, -0.25) is 0 Å². The third-order valence-electron chi connectivity index (χ3n) is 3.28. The van der Waals surface area contributed by atoms with Gasteiger partial charge in [0.1, 0.15) is 0 Å². The molecule has 0 radical (unpaired) electrons. The second kappa shape index (κ2) is 5.02. The lowest BCUT2D eigenvalue weighted by atomic mass is 9.84. The largest absolute Gasteiger partial charge is 0.110 e. The van der Waals surface area contributed by atoms with Gasteiger partial charge in [0.2, 0.25) is 0 Å². The van der Waals surface area contributed by atoms with Crippen LogP contribution in [0.25, 0.3) is 0 Å². The van der Waals surface area contributed by atoms with Crippen LogP contribution in [0.4, 0.5) is 0 Å². The highest BCUT2D eigenvalue weighted by Crippen LogP contribution is 2.72. The maximum atomic E-state index is 3.10. The number of fused-ring (bicyclic) bond motifs is 1. The molecule has 0 heterocycles. The van der Waals surface area contributed by atoms with E-state index in [1.165, 1.54) is 19.3 Å². The van der Waals surface area contributed by atoms with Crippen LogP contribution in [-0.2, 0) is 0 Å².